The second-order valence-electron chi connectivity index (χ2n) is 5.78. The van der Waals surface area contributed by atoms with Crippen molar-refractivity contribution >= 4 is 23.7 Å². The second-order valence-corrected chi connectivity index (χ2v) is 6.63. The lowest BCUT2D eigenvalue weighted by Gasteiger charge is -2.11. The van der Waals surface area contributed by atoms with E-state index in [2.05, 4.69) is 6.92 Å². The Morgan fingerprint density at radius 1 is 0.885 bits per heavy atom. The van der Waals surface area contributed by atoms with E-state index in [1.54, 1.807) is 36.4 Å². The summed E-state index contributed by atoms with van der Waals surface area (Å²) in [5.74, 6) is -0.579. The molecule has 26 heavy (non-hydrogen) atoms. The SMILES string of the molecule is CCCCCCOC(=O)c1ccccc1C(=O)Oc1ccccc1SC. The van der Waals surface area contributed by atoms with Crippen molar-refractivity contribution < 1.29 is 19.1 Å². The highest BCUT2D eigenvalue weighted by Crippen LogP contribution is 2.28. The summed E-state index contributed by atoms with van der Waals surface area (Å²) in [4.78, 5) is 25.8. The fourth-order valence-electron chi connectivity index (χ4n) is 2.47. The number of para-hydroxylation sites is 1. The quantitative estimate of drug-likeness (QED) is 0.256. The summed E-state index contributed by atoms with van der Waals surface area (Å²) in [5, 5.41) is 0. The average molecular weight is 372 g/mol. The molecule has 0 amide bonds. The molecule has 0 aliphatic rings. The topological polar surface area (TPSA) is 52.6 Å². The van der Waals surface area contributed by atoms with E-state index >= 15 is 0 Å². The molecular formula is C21H24O4S. The lowest BCUT2D eigenvalue weighted by atomic mass is 10.1. The van der Waals surface area contributed by atoms with Gasteiger partial charge in [-0.2, -0.15) is 0 Å². The number of rotatable bonds is 9. The van der Waals surface area contributed by atoms with Crippen molar-refractivity contribution in [3.05, 3.63) is 59.7 Å². The van der Waals surface area contributed by atoms with Crippen molar-refractivity contribution in [3.8, 4) is 5.75 Å². The lowest BCUT2D eigenvalue weighted by Crippen LogP contribution is -2.16. The van der Waals surface area contributed by atoms with E-state index in [9.17, 15) is 9.59 Å². The van der Waals surface area contributed by atoms with Gasteiger partial charge in [-0.1, -0.05) is 50.5 Å². The minimum Gasteiger partial charge on any atom is -0.462 e. The van der Waals surface area contributed by atoms with Crippen LogP contribution in [-0.4, -0.2) is 24.8 Å². The van der Waals surface area contributed by atoms with Gasteiger partial charge in [-0.25, -0.2) is 9.59 Å². The van der Waals surface area contributed by atoms with Gasteiger partial charge in [-0.15, -0.1) is 11.8 Å². The Kier molecular flexibility index (Phi) is 8.22. The van der Waals surface area contributed by atoms with Gasteiger partial charge in [0.15, 0.2) is 0 Å². The zero-order chi connectivity index (χ0) is 18.8. The zero-order valence-electron chi connectivity index (χ0n) is 15.2. The molecule has 0 aliphatic carbocycles. The van der Waals surface area contributed by atoms with Gasteiger partial charge in [0.1, 0.15) is 5.75 Å². The minimum atomic E-state index is -0.565. The van der Waals surface area contributed by atoms with Crippen LogP contribution in [0.3, 0.4) is 0 Å². The van der Waals surface area contributed by atoms with Crippen LogP contribution >= 0.6 is 11.8 Å². The van der Waals surface area contributed by atoms with Gasteiger partial charge in [0.25, 0.3) is 0 Å². The Bertz CT molecular complexity index is 742. The maximum atomic E-state index is 12.6. The summed E-state index contributed by atoms with van der Waals surface area (Å²) < 4.78 is 10.8. The smallest absolute Gasteiger partial charge is 0.344 e. The molecule has 5 heteroatoms. The second kappa shape index (κ2) is 10.7. The van der Waals surface area contributed by atoms with Gasteiger partial charge >= 0.3 is 11.9 Å². The number of unbranched alkanes of at least 4 members (excludes halogenated alkanes) is 3. The van der Waals surface area contributed by atoms with Crippen LogP contribution < -0.4 is 4.74 Å². The predicted molar refractivity (Wildman–Crippen MR) is 104 cm³/mol. The third kappa shape index (κ3) is 5.63. The third-order valence-corrected chi connectivity index (χ3v) is 4.65. The van der Waals surface area contributed by atoms with E-state index in [0.717, 1.165) is 30.6 Å². The Morgan fingerprint density at radius 2 is 1.54 bits per heavy atom. The van der Waals surface area contributed by atoms with E-state index in [-0.39, 0.29) is 11.1 Å². The molecule has 0 saturated carbocycles. The molecule has 138 valence electrons. The highest BCUT2D eigenvalue weighted by atomic mass is 32.2. The molecule has 0 saturated heterocycles. The molecule has 2 rings (SSSR count). The van der Waals surface area contributed by atoms with Gasteiger partial charge < -0.3 is 9.47 Å². The maximum absolute atomic E-state index is 12.6. The van der Waals surface area contributed by atoms with Crippen LogP contribution in [0, 0.1) is 0 Å². The monoisotopic (exact) mass is 372 g/mol. The van der Waals surface area contributed by atoms with Crippen LogP contribution in [0.2, 0.25) is 0 Å². The Balaban J connectivity index is 2.07. The summed E-state index contributed by atoms with van der Waals surface area (Å²) >= 11 is 1.49. The number of carbonyl (C=O) groups is 2. The molecule has 0 heterocycles. The first-order valence-corrected chi connectivity index (χ1v) is 10.0. The van der Waals surface area contributed by atoms with E-state index in [4.69, 9.17) is 9.47 Å². The summed E-state index contributed by atoms with van der Waals surface area (Å²) in [6, 6.07) is 13.9. The normalized spacial score (nSPS) is 10.4. The standard InChI is InChI=1S/C21H24O4S/c1-3-4-5-10-15-24-20(22)16-11-6-7-12-17(16)21(23)25-18-13-8-9-14-19(18)26-2/h6-9,11-14H,3-5,10,15H2,1-2H3. The molecule has 0 unspecified atom stereocenters. The average Bonchev–Trinajstić information content (AvgIpc) is 2.68. The molecule has 0 aromatic heterocycles. The summed E-state index contributed by atoms with van der Waals surface area (Å²) in [6.07, 6.45) is 6.01. The first kappa shape index (κ1) is 20.0. The molecule has 0 radical (unpaired) electrons. The van der Waals surface area contributed by atoms with Crippen molar-refractivity contribution in [1.82, 2.24) is 0 Å². The Hall–Kier alpha value is -2.27. The number of hydrogen-bond donors (Lipinski definition) is 0. The summed E-state index contributed by atoms with van der Waals surface area (Å²) in [6.45, 7) is 2.49. The lowest BCUT2D eigenvalue weighted by molar-refractivity contribution is 0.0489. The molecule has 0 N–H and O–H groups in total. The highest BCUT2D eigenvalue weighted by Gasteiger charge is 2.20. The molecular weight excluding hydrogens is 348 g/mol. The van der Waals surface area contributed by atoms with Crippen molar-refractivity contribution in [1.29, 1.82) is 0 Å². The molecule has 0 spiro atoms. The van der Waals surface area contributed by atoms with Gasteiger partial charge in [0.05, 0.1) is 17.7 Å². The number of ether oxygens (including phenoxy) is 2. The van der Waals surface area contributed by atoms with Gasteiger partial charge in [0.2, 0.25) is 0 Å². The first-order chi connectivity index (χ1) is 12.7. The summed E-state index contributed by atoms with van der Waals surface area (Å²) in [7, 11) is 0. The predicted octanol–water partition coefficient (Wildman–Crippen LogP) is 5.36. The van der Waals surface area contributed by atoms with Gasteiger partial charge in [0, 0.05) is 4.90 Å². The number of thioether (sulfide) groups is 1. The largest absolute Gasteiger partial charge is 0.462 e. The molecule has 0 atom stereocenters. The molecule has 0 fully saturated rings. The van der Waals surface area contributed by atoms with Crippen LogP contribution in [0.1, 0.15) is 53.3 Å². The van der Waals surface area contributed by atoms with Gasteiger partial charge in [-0.3, -0.25) is 0 Å². The van der Waals surface area contributed by atoms with Gasteiger partial charge in [-0.05, 0) is 36.9 Å². The van der Waals surface area contributed by atoms with Crippen molar-refractivity contribution in [2.45, 2.75) is 37.5 Å². The van der Waals surface area contributed by atoms with E-state index in [1.165, 1.54) is 11.8 Å². The van der Waals surface area contributed by atoms with Crippen LogP contribution in [0.4, 0.5) is 0 Å². The minimum absolute atomic E-state index is 0.210. The molecule has 0 bridgehead atoms. The van der Waals surface area contributed by atoms with E-state index in [0.29, 0.717) is 12.4 Å². The Labute approximate surface area is 158 Å². The van der Waals surface area contributed by atoms with E-state index in [1.807, 2.05) is 18.4 Å². The fourth-order valence-corrected chi connectivity index (χ4v) is 2.99. The van der Waals surface area contributed by atoms with E-state index < -0.39 is 11.9 Å². The van der Waals surface area contributed by atoms with Crippen LogP contribution in [0.5, 0.6) is 5.75 Å². The van der Waals surface area contributed by atoms with Crippen LogP contribution in [0.15, 0.2) is 53.4 Å². The van der Waals surface area contributed by atoms with Crippen molar-refractivity contribution in [2.75, 3.05) is 12.9 Å². The maximum Gasteiger partial charge on any atom is 0.344 e. The zero-order valence-corrected chi connectivity index (χ0v) is 16.0. The first-order valence-electron chi connectivity index (χ1n) is 8.78. The molecule has 2 aromatic carbocycles. The molecule has 4 nitrogen and oxygen atoms in total. The molecule has 2 aromatic rings. The Morgan fingerprint density at radius 3 is 2.23 bits per heavy atom. The number of carbonyl (C=O) groups excluding carboxylic acids is 2. The van der Waals surface area contributed by atoms with Crippen molar-refractivity contribution in [3.63, 3.8) is 0 Å². The summed E-state index contributed by atoms with van der Waals surface area (Å²) in [5.41, 5.74) is 0.441. The van der Waals surface area contributed by atoms with Crippen LogP contribution in [0.25, 0.3) is 0 Å². The number of hydrogen-bond acceptors (Lipinski definition) is 5. The van der Waals surface area contributed by atoms with Crippen LogP contribution in [-0.2, 0) is 4.74 Å². The molecule has 0 aliphatic heterocycles. The van der Waals surface area contributed by atoms with Crippen molar-refractivity contribution in [2.24, 2.45) is 0 Å². The number of benzene rings is 2. The highest BCUT2D eigenvalue weighted by molar-refractivity contribution is 7.98. The third-order valence-electron chi connectivity index (χ3n) is 3.87. The fraction of sp³-hybridized carbons (Fsp3) is 0.333. The number of esters is 2.